The fourth-order valence-corrected chi connectivity index (χ4v) is 5.27. The van der Waals surface area contributed by atoms with Gasteiger partial charge in [0, 0.05) is 0 Å². The number of carbonyl (C=O) groups is 1. The van der Waals surface area contributed by atoms with Crippen molar-refractivity contribution in [2.24, 2.45) is 0 Å². The Labute approximate surface area is 227 Å². The van der Waals surface area contributed by atoms with Crippen LogP contribution in [0.2, 0.25) is 0 Å². The second kappa shape index (κ2) is 12.5. The number of aromatic nitrogens is 2. The fraction of sp³-hybridized carbons (Fsp3) is 0.458. The first-order valence-corrected chi connectivity index (χ1v) is 13.5. The van der Waals surface area contributed by atoms with Gasteiger partial charge >= 0.3 is 19.5 Å². The van der Waals surface area contributed by atoms with Crippen LogP contribution in [0.1, 0.15) is 33.9 Å². The van der Waals surface area contributed by atoms with Crippen LogP contribution in [0.4, 0.5) is 4.39 Å². The Bertz CT molecular complexity index is 1410. The number of aliphatic hydroxyl groups excluding tert-OH is 1. The number of hydrogen-bond donors (Lipinski definition) is 2. The molecule has 1 aliphatic rings. The minimum absolute atomic E-state index is 0.0785. The number of nitrogens with one attached hydrogen (secondary N) is 1. The molecule has 39 heavy (non-hydrogen) atoms. The first kappa shape index (κ1) is 30.6. The topological polar surface area (TPSA) is 155 Å². The van der Waals surface area contributed by atoms with Crippen molar-refractivity contribution in [1.29, 1.82) is 0 Å². The Kier molecular flexibility index (Phi) is 9.77. The monoisotopic (exact) mass is 588 g/mol. The van der Waals surface area contributed by atoms with Gasteiger partial charge in [0.25, 0.3) is 5.56 Å². The van der Waals surface area contributed by atoms with E-state index in [1.54, 1.807) is 37.0 Å². The number of H-pyrrole nitrogens is 1. The highest BCUT2D eigenvalue weighted by Gasteiger charge is 2.56. The van der Waals surface area contributed by atoms with E-state index in [1.165, 1.54) is 26.0 Å². The van der Waals surface area contributed by atoms with E-state index in [2.05, 4.69) is 11.8 Å². The first-order valence-electron chi connectivity index (χ1n) is 11.6. The summed E-state index contributed by atoms with van der Waals surface area (Å²) < 4.78 is 55.2. The number of rotatable bonds is 10. The molecule has 12 nitrogen and oxygen atoms in total. The third-order valence-electron chi connectivity index (χ3n) is 5.27. The Morgan fingerprint density at radius 1 is 1.31 bits per heavy atom. The number of hydrogen-bond acceptors (Lipinski definition) is 10. The van der Waals surface area contributed by atoms with Crippen molar-refractivity contribution >= 4 is 25.4 Å². The summed E-state index contributed by atoms with van der Waals surface area (Å²) in [6.07, 6.45) is -6.01. The molecule has 0 spiro atoms. The van der Waals surface area contributed by atoms with Crippen LogP contribution in [0.3, 0.4) is 0 Å². The number of benzene rings is 1. The normalized spacial score (nSPS) is 24.9. The summed E-state index contributed by atoms with van der Waals surface area (Å²) in [4.78, 5) is 35.9. The predicted octanol–water partition coefficient (Wildman–Crippen LogP) is 2.50. The van der Waals surface area contributed by atoms with Gasteiger partial charge in [-0.25, -0.2) is 14.2 Å². The highest BCUT2D eigenvalue weighted by molar-refractivity contribution is 7.49. The van der Waals surface area contributed by atoms with Crippen LogP contribution in [-0.4, -0.2) is 56.5 Å². The minimum atomic E-state index is -4.59. The zero-order valence-corrected chi connectivity index (χ0v) is 23.0. The average molecular weight is 589 g/mol. The molecular weight excluding hydrogens is 562 g/mol. The van der Waals surface area contributed by atoms with E-state index in [0.29, 0.717) is 10.8 Å². The molecule has 1 saturated heterocycles. The number of aliphatic hydroxyl groups is 1. The van der Waals surface area contributed by atoms with Gasteiger partial charge in [-0.2, -0.15) is 4.39 Å². The number of ether oxygens (including phenoxy) is 2. The van der Waals surface area contributed by atoms with E-state index in [0.717, 1.165) is 0 Å². The molecule has 1 aromatic carbocycles. The molecule has 1 aromatic heterocycles. The van der Waals surface area contributed by atoms with E-state index in [4.69, 9.17) is 34.6 Å². The molecule has 1 aliphatic heterocycles. The van der Waals surface area contributed by atoms with Gasteiger partial charge in [-0.15, -0.1) is 5.92 Å². The molecule has 3 rings (SSSR count). The molecule has 2 unspecified atom stereocenters. The average Bonchev–Trinajstić information content (AvgIpc) is 3.10. The lowest BCUT2D eigenvalue weighted by atomic mass is 9.99. The van der Waals surface area contributed by atoms with E-state index >= 15 is 0 Å². The van der Waals surface area contributed by atoms with Gasteiger partial charge in [-0.05, 0) is 39.8 Å². The lowest BCUT2D eigenvalue weighted by Gasteiger charge is -2.25. The zero-order valence-electron chi connectivity index (χ0n) is 21.3. The van der Waals surface area contributed by atoms with Crippen molar-refractivity contribution in [1.82, 2.24) is 9.55 Å². The molecule has 15 heteroatoms. The van der Waals surface area contributed by atoms with Gasteiger partial charge in [-0.3, -0.25) is 23.4 Å². The molecule has 0 saturated carbocycles. The third kappa shape index (κ3) is 7.16. The van der Waals surface area contributed by atoms with Crippen molar-refractivity contribution in [2.75, 3.05) is 6.61 Å². The third-order valence-corrected chi connectivity index (χ3v) is 7.25. The molecule has 0 aliphatic carbocycles. The molecule has 1 fully saturated rings. The minimum Gasteiger partial charge on any atom is -0.461 e. The maximum Gasteiger partial charge on any atom is 0.530 e. The summed E-state index contributed by atoms with van der Waals surface area (Å²) in [5, 5.41) is 11.0. The SMILES string of the molecule is CC#CC1(Cl)[C@@H](O)[C@@H](COP(=O)(Oc2ccccc2)O[C@@H](C)C(=O)OC(C)C)O[C@H]1n1cc(F)c(=O)[nH]c1=O. The van der Waals surface area contributed by atoms with E-state index in [-0.39, 0.29) is 5.75 Å². The lowest BCUT2D eigenvalue weighted by Crippen LogP contribution is -2.44. The predicted molar refractivity (Wildman–Crippen MR) is 136 cm³/mol. The van der Waals surface area contributed by atoms with Crippen LogP contribution in [0.15, 0.2) is 46.1 Å². The zero-order chi connectivity index (χ0) is 29.0. The number of para-hydroxylation sites is 1. The smallest absolute Gasteiger partial charge is 0.461 e. The Morgan fingerprint density at radius 2 is 1.97 bits per heavy atom. The van der Waals surface area contributed by atoms with Crippen molar-refractivity contribution in [3.05, 3.63) is 63.2 Å². The number of nitrogens with zero attached hydrogens (tertiary/aromatic N) is 1. The quantitative estimate of drug-likeness (QED) is 0.183. The number of halogens is 2. The van der Waals surface area contributed by atoms with Crippen molar-refractivity contribution in [3.8, 4) is 17.6 Å². The Hall–Kier alpha value is -2.98. The molecule has 212 valence electrons. The number of alkyl halides is 1. The molecule has 0 radical (unpaired) electrons. The van der Waals surface area contributed by atoms with Crippen LogP contribution in [0, 0.1) is 17.7 Å². The highest BCUT2D eigenvalue weighted by atomic mass is 35.5. The summed E-state index contributed by atoms with van der Waals surface area (Å²) in [5.41, 5.74) is -2.35. The van der Waals surface area contributed by atoms with Gasteiger partial charge in [0.05, 0.1) is 18.9 Å². The Morgan fingerprint density at radius 3 is 2.59 bits per heavy atom. The molecule has 0 amide bonds. The maximum absolute atomic E-state index is 14.0. The number of phosphoric acid groups is 1. The number of aromatic amines is 1. The molecule has 2 aromatic rings. The van der Waals surface area contributed by atoms with Crippen LogP contribution < -0.4 is 15.8 Å². The summed E-state index contributed by atoms with van der Waals surface area (Å²) in [6.45, 7) is 5.22. The summed E-state index contributed by atoms with van der Waals surface area (Å²) in [5.74, 6) is 2.97. The van der Waals surface area contributed by atoms with Gasteiger partial charge in [-0.1, -0.05) is 35.7 Å². The standard InChI is InChI=1S/C24H27ClFN2O10P/c1-5-11-24(25)19(29)18(36-22(24)28-12-17(26)20(30)27-23(28)32)13-34-39(33,38-16-9-7-6-8-10-16)37-15(4)21(31)35-14(2)3/h6-10,12,14-15,18-19,22,29H,13H2,1-4H3,(H,27,30,32)/t15-,18+,19-,22+,24?,39?/m0/s1. The van der Waals surface area contributed by atoms with Crippen LogP contribution >= 0.6 is 19.4 Å². The summed E-state index contributed by atoms with van der Waals surface area (Å²) >= 11 is 6.56. The van der Waals surface area contributed by atoms with Crippen LogP contribution in [0.25, 0.3) is 0 Å². The lowest BCUT2D eigenvalue weighted by molar-refractivity contribution is -0.156. The van der Waals surface area contributed by atoms with Crippen LogP contribution in [-0.2, 0) is 27.9 Å². The van der Waals surface area contributed by atoms with Gasteiger partial charge in [0.1, 0.15) is 18.0 Å². The molecule has 2 heterocycles. The number of phosphoric ester groups is 1. The maximum atomic E-state index is 14.0. The summed E-state index contributed by atoms with van der Waals surface area (Å²) in [6, 6.07) is 7.80. The van der Waals surface area contributed by atoms with Gasteiger partial charge in [0.2, 0.25) is 5.82 Å². The van der Waals surface area contributed by atoms with E-state index < -0.39 is 73.0 Å². The van der Waals surface area contributed by atoms with E-state index in [9.17, 15) is 28.4 Å². The van der Waals surface area contributed by atoms with Gasteiger partial charge in [0.15, 0.2) is 17.2 Å². The number of carbonyl (C=O) groups excluding carboxylic acids is 1. The number of esters is 1. The second-order valence-corrected chi connectivity index (χ2v) is 10.8. The molecule has 6 atom stereocenters. The molecule has 2 N–H and O–H groups in total. The van der Waals surface area contributed by atoms with Crippen LogP contribution in [0.5, 0.6) is 5.75 Å². The second-order valence-electron chi connectivity index (χ2n) is 8.64. The highest BCUT2D eigenvalue weighted by Crippen LogP contribution is 2.52. The first-order chi connectivity index (χ1) is 18.3. The largest absolute Gasteiger partial charge is 0.530 e. The van der Waals surface area contributed by atoms with E-state index in [1.807, 2.05) is 0 Å². The van der Waals surface area contributed by atoms with Gasteiger partial charge < -0.3 is 19.1 Å². The van der Waals surface area contributed by atoms with Crippen molar-refractivity contribution in [2.45, 2.75) is 63.2 Å². The molecule has 0 bridgehead atoms. The fourth-order valence-electron chi connectivity index (χ4n) is 3.53. The van der Waals surface area contributed by atoms with Crippen molar-refractivity contribution in [3.63, 3.8) is 0 Å². The molecular formula is C24H27ClFN2O10P. The van der Waals surface area contributed by atoms with Crippen molar-refractivity contribution < 1.29 is 41.9 Å². The summed E-state index contributed by atoms with van der Waals surface area (Å²) in [7, 11) is -4.59. The Balaban J connectivity index is 1.89.